The maximum Gasteiger partial charge on any atom is 0.271 e. The van der Waals surface area contributed by atoms with Crippen LogP contribution in [0, 0.1) is 0 Å². The highest BCUT2D eigenvalue weighted by atomic mass is 35.5. The first kappa shape index (κ1) is 15.9. The summed E-state index contributed by atoms with van der Waals surface area (Å²) in [5.74, 6) is -2.62. The summed E-state index contributed by atoms with van der Waals surface area (Å²) < 4.78 is 0. The van der Waals surface area contributed by atoms with Crippen LogP contribution in [-0.2, 0) is 0 Å². The quantitative estimate of drug-likeness (QED) is 0.392. The van der Waals surface area contributed by atoms with Crippen LogP contribution in [0.5, 0.6) is 17.2 Å². The van der Waals surface area contributed by atoms with Gasteiger partial charge in [0.2, 0.25) is 0 Å². The maximum atomic E-state index is 11.8. The Balaban J connectivity index is 2.11. The van der Waals surface area contributed by atoms with E-state index in [-0.39, 0.29) is 5.56 Å². The largest absolute Gasteiger partial charge is 0.504 e. The molecule has 0 bridgehead atoms. The molecule has 0 fully saturated rings. The van der Waals surface area contributed by atoms with Crippen LogP contribution >= 0.6 is 23.2 Å². The fourth-order valence-electron chi connectivity index (χ4n) is 1.57. The highest BCUT2D eigenvalue weighted by Gasteiger charge is 2.12. The average Bonchev–Trinajstić information content (AvgIpc) is 2.46. The second kappa shape index (κ2) is 6.55. The first-order valence-corrected chi connectivity index (χ1v) is 6.67. The number of nitrogens with zero attached hydrogens (tertiary/aromatic N) is 1. The molecule has 8 heteroatoms. The summed E-state index contributed by atoms with van der Waals surface area (Å²) >= 11 is 11.7. The topological polar surface area (TPSA) is 102 Å². The Kier molecular flexibility index (Phi) is 4.75. The van der Waals surface area contributed by atoms with Crippen molar-refractivity contribution >= 4 is 35.3 Å². The van der Waals surface area contributed by atoms with Crippen molar-refractivity contribution in [3.05, 3.63) is 51.5 Å². The minimum Gasteiger partial charge on any atom is -0.504 e. The van der Waals surface area contributed by atoms with Gasteiger partial charge in [0.15, 0.2) is 17.2 Å². The molecule has 2 aromatic rings. The maximum absolute atomic E-state index is 11.8. The summed E-state index contributed by atoms with van der Waals surface area (Å²) in [5, 5.41) is 32.4. The number of carbonyl (C=O) groups excluding carboxylic acids is 1. The molecule has 6 nitrogen and oxygen atoms in total. The van der Waals surface area contributed by atoms with E-state index in [1.165, 1.54) is 12.3 Å². The molecule has 0 heterocycles. The number of halogens is 2. The van der Waals surface area contributed by atoms with Gasteiger partial charge in [0, 0.05) is 16.1 Å². The Labute approximate surface area is 135 Å². The van der Waals surface area contributed by atoms with E-state index in [1.807, 2.05) is 0 Å². The van der Waals surface area contributed by atoms with E-state index in [0.29, 0.717) is 15.6 Å². The van der Waals surface area contributed by atoms with Crippen LogP contribution in [0.25, 0.3) is 0 Å². The van der Waals surface area contributed by atoms with Crippen LogP contribution in [0.1, 0.15) is 15.9 Å². The van der Waals surface area contributed by atoms with Crippen molar-refractivity contribution in [3.8, 4) is 17.2 Å². The third-order valence-corrected chi connectivity index (χ3v) is 3.23. The van der Waals surface area contributed by atoms with Gasteiger partial charge in [-0.3, -0.25) is 4.79 Å². The lowest BCUT2D eigenvalue weighted by Gasteiger charge is -2.04. The normalized spacial score (nSPS) is 10.8. The van der Waals surface area contributed by atoms with Gasteiger partial charge < -0.3 is 15.3 Å². The zero-order valence-electron chi connectivity index (χ0n) is 10.9. The fourth-order valence-corrected chi connectivity index (χ4v) is 2.02. The molecule has 0 spiro atoms. The third kappa shape index (κ3) is 3.60. The van der Waals surface area contributed by atoms with Crippen molar-refractivity contribution in [3.63, 3.8) is 0 Å². The lowest BCUT2D eigenvalue weighted by atomic mass is 10.2. The van der Waals surface area contributed by atoms with Crippen LogP contribution < -0.4 is 5.43 Å². The van der Waals surface area contributed by atoms with Crippen molar-refractivity contribution < 1.29 is 20.1 Å². The van der Waals surface area contributed by atoms with E-state index in [4.69, 9.17) is 23.2 Å². The van der Waals surface area contributed by atoms with Gasteiger partial charge in [0.25, 0.3) is 5.91 Å². The molecule has 114 valence electrons. The molecule has 0 atom stereocenters. The number of aromatic hydroxyl groups is 3. The number of hydrogen-bond donors (Lipinski definition) is 4. The van der Waals surface area contributed by atoms with Crippen molar-refractivity contribution in [1.29, 1.82) is 0 Å². The number of hydrazone groups is 1. The van der Waals surface area contributed by atoms with Crippen molar-refractivity contribution in [2.24, 2.45) is 5.10 Å². The highest BCUT2D eigenvalue weighted by molar-refractivity contribution is 6.36. The SMILES string of the molecule is O=C(NN=Cc1ccc(Cl)cc1Cl)c1cc(O)c(O)c(O)c1. The highest BCUT2D eigenvalue weighted by Crippen LogP contribution is 2.35. The first-order chi connectivity index (χ1) is 10.4. The number of phenols is 3. The molecule has 0 aromatic heterocycles. The monoisotopic (exact) mass is 340 g/mol. The van der Waals surface area contributed by atoms with Crippen molar-refractivity contribution in [1.82, 2.24) is 5.43 Å². The molecular weight excluding hydrogens is 331 g/mol. The number of amides is 1. The number of hydrogen-bond acceptors (Lipinski definition) is 5. The molecule has 0 saturated heterocycles. The van der Waals surface area contributed by atoms with Crippen LogP contribution in [0.3, 0.4) is 0 Å². The van der Waals surface area contributed by atoms with Gasteiger partial charge in [0.05, 0.1) is 11.2 Å². The number of benzene rings is 2. The predicted octanol–water partition coefficient (Wildman–Crippen LogP) is 2.87. The molecule has 22 heavy (non-hydrogen) atoms. The fraction of sp³-hybridized carbons (Fsp3) is 0. The van der Waals surface area contributed by atoms with E-state index in [1.54, 1.807) is 12.1 Å². The molecule has 2 aromatic carbocycles. The van der Waals surface area contributed by atoms with E-state index < -0.39 is 23.2 Å². The summed E-state index contributed by atoms with van der Waals surface area (Å²) in [5.41, 5.74) is 2.67. The summed E-state index contributed by atoms with van der Waals surface area (Å²) in [6, 6.07) is 6.76. The minimum absolute atomic E-state index is 0.0767. The Morgan fingerprint density at radius 2 is 1.73 bits per heavy atom. The number of phenolic OH excluding ortho intramolecular Hbond substituents is 3. The van der Waals surface area contributed by atoms with Crippen molar-refractivity contribution in [2.75, 3.05) is 0 Å². The Bertz CT molecular complexity index is 739. The van der Waals surface area contributed by atoms with Crippen molar-refractivity contribution in [2.45, 2.75) is 0 Å². The van der Waals surface area contributed by atoms with Gasteiger partial charge in [-0.2, -0.15) is 5.10 Å². The van der Waals surface area contributed by atoms with Gasteiger partial charge >= 0.3 is 0 Å². The van der Waals surface area contributed by atoms with Gasteiger partial charge in [-0.05, 0) is 24.3 Å². The van der Waals surface area contributed by atoms with Gasteiger partial charge in [-0.25, -0.2) is 5.43 Å². The minimum atomic E-state index is -0.701. The lowest BCUT2D eigenvalue weighted by Crippen LogP contribution is -2.17. The zero-order valence-corrected chi connectivity index (χ0v) is 12.4. The van der Waals surface area contributed by atoms with Crippen LogP contribution in [0.2, 0.25) is 10.0 Å². The van der Waals surface area contributed by atoms with Crippen LogP contribution in [0.15, 0.2) is 35.4 Å². The summed E-state index contributed by atoms with van der Waals surface area (Å²) in [4.78, 5) is 11.8. The molecule has 0 unspecified atom stereocenters. The molecule has 0 radical (unpaired) electrons. The number of carbonyl (C=O) groups is 1. The standard InChI is InChI=1S/C14H10Cl2N2O4/c15-9-2-1-7(10(16)5-9)6-17-18-14(22)8-3-11(19)13(21)12(20)4-8/h1-6,19-21H,(H,18,22). The smallest absolute Gasteiger partial charge is 0.271 e. The zero-order chi connectivity index (χ0) is 16.3. The van der Waals surface area contributed by atoms with Crippen LogP contribution in [0.4, 0.5) is 0 Å². The molecule has 0 aliphatic carbocycles. The number of nitrogens with one attached hydrogen (secondary N) is 1. The van der Waals surface area contributed by atoms with E-state index in [0.717, 1.165) is 12.1 Å². The molecule has 4 N–H and O–H groups in total. The van der Waals surface area contributed by atoms with Crippen LogP contribution in [-0.4, -0.2) is 27.4 Å². The Morgan fingerprint density at radius 3 is 2.32 bits per heavy atom. The molecule has 0 saturated carbocycles. The molecular formula is C14H10Cl2N2O4. The molecule has 2 rings (SSSR count). The summed E-state index contributed by atoms with van der Waals surface area (Å²) in [6.07, 6.45) is 1.32. The van der Waals surface area contributed by atoms with E-state index in [9.17, 15) is 20.1 Å². The second-order valence-electron chi connectivity index (χ2n) is 4.23. The summed E-state index contributed by atoms with van der Waals surface area (Å²) in [6.45, 7) is 0. The molecule has 0 aliphatic rings. The first-order valence-electron chi connectivity index (χ1n) is 5.92. The molecule has 0 aliphatic heterocycles. The molecule has 1 amide bonds. The average molecular weight is 341 g/mol. The second-order valence-corrected chi connectivity index (χ2v) is 5.07. The Morgan fingerprint density at radius 1 is 1.09 bits per heavy atom. The van der Waals surface area contributed by atoms with Gasteiger partial charge in [0.1, 0.15) is 0 Å². The van der Waals surface area contributed by atoms with Gasteiger partial charge in [-0.15, -0.1) is 0 Å². The van der Waals surface area contributed by atoms with E-state index in [2.05, 4.69) is 10.5 Å². The lowest BCUT2D eigenvalue weighted by molar-refractivity contribution is 0.0954. The van der Waals surface area contributed by atoms with Gasteiger partial charge in [-0.1, -0.05) is 29.3 Å². The number of rotatable bonds is 3. The predicted molar refractivity (Wildman–Crippen MR) is 83.0 cm³/mol. The third-order valence-electron chi connectivity index (χ3n) is 2.66. The summed E-state index contributed by atoms with van der Waals surface area (Å²) in [7, 11) is 0. The van der Waals surface area contributed by atoms with E-state index >= 15 is 0 Å². The Hall–Kier alpha value is -2.44.